The van der Waals surface area contributed by atoms with Gasteiger partial charge in [-0.15, -0.1) is 13.2 Å². The van der Waals surface area contributed by atoms with Gasteiger partial charge in [-0.1, -0.05) is 31.9 Å². The van der Waals surface area contributed by atoms with Gasteiger partial charge < -0.3 is 0 Å². The first-order valence-corrected chi connectivity index (χ1v) is 9.39. The van der Waals surface area contributed by atoms with E-state index in [9.17, 15) is 26.3 Å². The molecular weight excluding hydrogens is 394 g/mol. The van der Waals surface area contributed by atoms with Crippen molar-refractivity contribution in [2.45, 2.75) is 51.8 Å². The van der Waals surface area contributed by atoms with Crippen molar-refractivity contribution in [2.75, 3.05) is 7.11 Å². The standard InChI is InChI=1S/C20H21F3.C2H3F3O/c1-12-3-5-14(6-4-12)15-7-8-17(20(23)9-15)16-10-18(21)13(2)19(22)11-16;1-6-2(3,4)5/h7-12,14H,3-6H2,1-2H3;1H3. The van der Waals surface area contributed by atoms with Gasteiger partial charge in [-0.05, 0) is 60.9 Å². The second-order valence-electron chi connectivity index (χ2n) is 7.41. The number of alkyl halides is 3. The zero-order valence-electron chi connectivity index (χ0n) is 16.5. The Kier molecular flexibility index (Phi) is 7.74. The van der Waals surface area contributed by atoms with Crippen LogP contribution in [0.1, 0.15) is 49.7 Å². The van der Waals surface area contributed by atoms with E-state index in [2.05, 4.69) is 11.7 Å². The van der Waals surface area contributed by atoms with Gasteiger partial charge in [0.25, 0.3) is 0 Å². The Morgan fingerprint density at radius 1 is 0.862 bits per heavy atom. The fourth-order valence-electron chi connectivity index (χ4n) is 3.41. The van der Waals surface area contributed by atoms with Crippen LogP contribution in [0.2, 0.25) is 0 Å². The summed E-state index contributed by atoms with van der Waals surface area (Å²) in [5.74, 6) is -0.576. The fraction of sp³-hybridized carbons (Fsp3) is 0.455. The molecule has 0 N–H and O–H groups in total. The first-order valence-electron chi connectivity index (χ1n) is 9.39. The topological polar surface area (TPSA) is 9.23 Å². The lowest BCUT2D eigenvalue weighted by Crippen LogP contribution is -2.11. The molecule has 0 aliphatic heterocycles. The summed E-state index contributed by atoms with van der Waals surface area (Å²) in [5.41, 5.74) is 1.44. The Bertz CT molecular complexity index is 800. The molecule has 0 heterocycles. The van der Waals surface area contributed by atoms with Crippen LogP contribution in [0.15, 0.2) is 30.3 Å². The number of hydrogen-bond acceptors (Lipinski definition) is 1. The first kappa shape index (κ1) is 23.3. The monoisotopic (exact) mass is 418 g/mol. The summed E-state index contributed by atoms with van der Waals surface area (Å²) < 4.78 is 76.5. The van der Waals surface area contributed by atoms with Crippen LogP contribution in [-0.4, -0.2) is 13.5 Å². The third-order valence-corrected chi connectivity index (χ3v) is 5.30. The average molecular weight is 418 g/mol. The minimum atomic E-state index is -4.46. The van der Waals surface area contributed by atoms with E-state index in [0.717, 1.165) is 24.3 Å². The number of ether oxygens (including phenoxy) is 1. The largest absolute Gasteiger partial charge is 0.522 e. The van der Waals surface area contributed by atoms with Gasteiger partial charge in [-0.3, -0.25) is 4.74 Å². The van der Waals surface area contributed by atoms with E-state index in [0.29, 0.717) is 13.0 Å². The van der Waals surface area contributed by atoms with Crippen LogP contribution in [0.5, 0.6) is 0 Å². The number of benzene rings is 2. The Morgan fingerprint density at radius 3 is 1.83 bits per heavy atom. The molecule has 7 heteroatoms. The molecule has 1 fully saturated rings. The Balaban J connectivity index is 0.000000438. The summed E-state index contributed by atoms with van der Waals surface area (Å²) in [4.78, 5) is 0. The van der Waals surface area contributed by atoms with Gasteiger partial charge in [-0.2, -0.15) is 0 Å². The highest BCUT2D eigenvalue weighted by Crippen LogP contribution is 2.37. The van der Waals surface area contributed by atoms with E-state index in [-0.39, 0.29) is 16.7 Å². The maximum atomic E-state index is 14.5. The quantitative estimate of drug-likeness (QED) is 0.458. The summed E-state index contributed by atoms with van der Waals surface area (Å²) in [6.07, 6.45) is 0.0341. The maximum absolute atomic E-state index is 14.5. The lowest BCUT2D eigenvalue weighted by atomic mass is 9.79. The molecule has 29 heavy (non-hydrogen) atoms. The van der Waals surface area contributed by atoms with Crippen molar-refractivity contribution < 1.29 is 31.1 Å². The highest BCUT2D eigenvalue weighted by Gasteiger charge is 2.26. The van der Waals surface area contributed by atoms with E-state index in [1.54, 1.807) is 6.07 Å². The molecule has 0 atom stereocenters. The van der Waals surface area contributed by atoms with Gasteiger partial charge in [0.05, 0.1) is 0 Å². The van der Waals surface area contributed by atoms with Crippen molar-refractivity contribution in [3.63, 3.8) is 0 Å². The van der Waals surface area contributed by atoms with Gasteiger partial charge in [0.1, 0.15) is 17.5 Å². The number of halogens is 6. The predicted octanol–water partition coefficient (Wildman–Crippen LogP) is 7.53. The van der Waals surface area contributed by atoms with E-state index in [4.69, 9.17) is 0 Å². The average Bonchev–Trinajstić information content (AvgIpc) is 2.66. The first-order chi connectivity index (χ1) is 13.5. The van der Waals surface area contributed by atoms with E-state index in [1.165, 1.54) is 38.0 Å². The van der Waals surface area contributed by atoms with E-state index < -0.39 is 23.8 Å². The summed E-state index contributed by atoms with van der Waals surface area (Å²) in [6.45, 7) is 3.62. The van der Waals surface area contributed by atoms with Crippen LogP contribution >= 0.6 is 0 Å². The molecule has 0 aromatic heterocycles. The van der Waals surface area contributed by atoms with Crippen LogP contribution < -0.4 is 0 Å². The molecule has 1 aliphatic carbocycles. The van der Waals surface area contributed by atoms with Crippen molar-refractivity contribution in [3.8, 4) is 11.1 Å². The SMILES string of the molecule is COC(F)(F)F.Cc1c(F)cc(-c2ccc(C3CCC(C)CC3)cc2F)cc1F. The lowest BCUT2D eigenvalue weighted by molar-refractivity contribution is -0.311. The number of hydrogen-bond donors (Lipinski definition) is 0. The maximum Gasteiger partial charge on any atom is 0.522 e. The van der Waals surface area contributed by atoms with Crippen molar-refractivity contribution in [2.24, 2.45) is 5.92 Å². The molecule has 1 aliphatic rings. The zero-order chi connectivity index (χ0) is 21.8. The van der Waals surface area contributed by atoms with Gasteiger partial charge in [0, 0.05) is 18.2 Å². The van der Waals surface area contributed by atoms with Crippen LogP contribution in [0, 0.1) is 30.3 Å². The number of rotatable bonds is 2. The minimum absolute atomic E-state index is 0.0397. The molecule has 2 aromatic carbocycles. The smallest absolute Gasteiger partial charge is 0.295 e. The van der Waals surface area contributed by atoms with Gasteiger partial charge >= 0.3 is 6.36 Å². The Hall–Kier alpha value is -2.02. The van der Waals surface area contributed by atoms with Gasteiger partial charge in [0.2, 0.25) is 0 Å². The fourth-order valence-corrected chi connectivity index (χ4v) is 3.41. The predicted molar refractivity (Wildman–Crippen MR) is 99.9 cm³/mol. The summed E-state index contributed by atoms with van der Waals surface area (Å²) in [5, 5.41) is 0. The molecule has 2 aromatic rings. The highest BCUT2D eigenvalue weighted by molar-refractivity contribution is 5.65. The van der Waals surface area contributed by atoms with E-state index >= 15 is 0 Å². The normalized spacial score (nSPS) is 19.5. The van der Waals surface area contributed by atoms with Crippen LogP contribution in [0.25, 0.3) is 11.1 Å². The second-order valence-corrected chi connectivity index (χ2v) is 7.41. The molecule has 0 radical (unpaired) electrons. The Morgan fingerprint density at radius 2 is 1.38 bits per heavy atom. The molecule has 1 nitrogen and oxygen atoms in total. The van der Waals surface area contributed by atoms with Crippen molar-refractivity contribution in [1.82, 2.24) is 0 Å². The molecule has 0 saturated heterocycles. The van der Waals surface area contributed by atoms with Crippen LogP contribution in [-0.2, 0) is 4.74 Å². The van der Waals surface area contributed by atoms with Gasteiger partial charge in [0.15, 0.2) is 0 Å². The molecule has 0 amide bonds. The van der Waals surface area contributed by atoms with Crippen LogP contribution in [0.4, 0.5) is 26.3 Å². The molecule has 0 bridgehead atoms. The molecular formula is C22H24F6O. The highest BCUT2D eigenvalue weighted by atomic mass is 19.4. The van der Waals surface area contributed by atoms with Crippen molar-refractivity contribution >= 4 is 0 Å². The van der Waals surface area contributed by atoms with Gasteiger partial charge in [-0.25, -0.2) is 13.2 Å². The van der Waals surface area contributed by atoms with Crippen molar-refractivity contribution in [1.29, 1.82) is 0 Å². The Labute approximate surface area is 166 Å². The third-order valence-electron chi connectivity index (χ3n) is 5.30. The molecule has 3 rings (SSSR count). The summed E-state index contributed by atoms with van der Waals surface area (Å²) >= 11 is 0. The minimum Gasteiger partial charge on any atom is -0.295 e. The summed E-state index contributed by atoms with van der Waals surface area (Å²) in [6, 6.07) is 7.46. The third kappa shape index (κ3) is 6.49. The van der Waals surface area contributed by atoms with Crippen LogP contribution in [0.3, 0.4) is 0 Å². The molecule has 0 unspecified atom stereocenters. The molecule has 1 saturated carbocycles. The van der Waals surface area contributed by atoms with E-state index in [1.807, 2.05) is 6.07 Å². The number of methoxy groups -OCH3 is 1. The summed E-state index contributed by atoms with van der Waals surface area (Å²) in [7, 11) is 0.583. The molecule has 160 valence electrons. The zero-order valence-corrected chi connectivity index (χ0v) is 16.5. The molecule has 0 spiro atoms. The lowest BCUT2D eigenvalue weighted by Gasteiger charge is -2.26. The second kappa shape index (κ2) is 9.65. The van der Waals surface area contributed by atoms with Crippen molar-refractivity contribution in [3.05, 3.63) is 58.9 Å².